The van der Waals surface area contributed by atoms with Crippen LogP contribution in [0.15, 0.2) is 42.5 Å². The lowest BCUT2D eigenvalue weighted by Gasteiger charge is -2.49. The molecule has 3 unspecified atom stereocenters. The van der Waals surface area contributed by atoms with Crippen LogP contribution in [-0.4, -0.2) is 42.5 Å². The number of carbonyl (C=O) groups is 1. The minimum Gasteiger partial charge on any atom is -0.365 e. The molecule has 1 saturated heterocycles. The summed E-state index contributed by atoms with van der Waals surface area (Å²) >= 11 is 0. The van der Waals surface area contributed by atoms with E-state index in [1.807, 2.05) is 13.8 Å². The molecule has 0 aliphatic carbocycles. The number of fused-ring (bicyclic) bond motifs is 3. The Kier molecular flexibility index (Phi) is 6.66. The second-order valence-electron chi connectivity index (χ2n) is 9.09. The van der Waals surface area contributed by atoms with Crippen molar-refractivity contribution >= 4 is 11.6 Å². The van der Waals surface area contributed by atoms with Crippen LogP contribution in [0.5, 0.6) is 0 Å². The molecule has 3 atom stereocenters. The first kappa shape index (κ1) is 23.5. The van der Waals surface area contributed by atoms with Gasteiger partial charge >= 0.3 is 6.18 Å². The van der Waals surface area contributed by atoms with Gasteiger partial charge in [0, 0.05) is 37.9 Å². The zero-order valence-corrected chi connectivity index (χ0v) is 18.8. The number of rotatable bonds is 5. The van der Waals surface area contributed by atoms with Crippen LogP contribution in [0.25, 0.3) is 0 Å². The highest BCUT2D eigenvalue weighted by molar-refractivity contribution is 5.82. The molecule has 0 bridgehead atoms. The van der Waals surface area contributed by atoms with Gasteiger partial charge in [-0.25, -0.2) is 4.39 Å². The third kappa shape index (κ3) is 5.16. The van der Waals surface area contributed by atoms with Crippen molar-refractivity contribution < 1.29 is 22.4 Å². The topological polar surface area (TPSA) is 35.6 Å². The summed E-state index contributed by atoms with van der Waals surface area (Å²) in [4.78, 5) is 17.5. The first-order valence-corrected chi connectivity index (χ1v) is 11.4. The number of halogens is 4. The van der Waals surface area contributed by atoms with Crippen LogP contribution >= 0.6 is 0 Å². The maximum absolute atomic E-state index is 13.3. The molecule has 33 heavy (non-hydrogen) atoms. The number of hydrogen-bond acceptors (Lipinski definition) is 3. The van der Waals surface area contributed by atoms with Gasteiger partial charge in [0.05, 0.1) is 17.5 Å². The molecular weight excluding hydrogens is 434 g/mol. The van der Waals surface area contributed by atoms with Crippen molar-refractivity contribution in [2.75, 3.05) is 24.5 Å². The maximum Gasteiger partial charge on any atom is 0.416 e. The molecule has 178 valence electrons. The summed E-state index contributed by atoms with van der Waals surface area (Å²) in [6.07, 6.45) is -3.38. The predicted octanol–water partition coefficient (Wildman–Crippen LogP) is 4.62. The lowest BCUT2D eigenvalue weighted by Crippen LogP contribution is -2.61. The fraction of sp³-hybridized carbons (Fsp3) is 0.480. The molecule has 2 aliphatic rings. The molecule has 1 N–H and O–H groups in total. The average molecular weight is 464 g/mol. The number of nitrogens with zero attached hydrogens (tertiary/aromatic N) is 2. The van der Waals surface area contributed by atoms with E-state index in [1.54, 1.807) is 18.2 Å². The minimum atomic E-state index is -4.42. The van der Waals surface area contributed by atoms with Gasteiger partial charge in [0.1, 0.15) is 5.82 Å². The lowest BCUT2D eigenvalue weighted by molar-refractivity contribution is -0.137. The van der Waals surface area contributed by atoms with Crippen molar-refractivity contribution in [1.29, 1.82) is 0 Å². The summed E-state index contributed by atoms with van der Waals surface area (Å²) < 4.78 is 53.2. The quantitative estimate of drug-likeness (QED) is 0.658. The van der Waals surface area contributed by atoms with Crippen molar-refractivity contribution in [3.63, 3.8) is 0 Å². The second-order valence-corrected chi connectivity index (χ2v) is 9.09. The molecule has 0 radical (unpaired) electrons. The number of piperazine rings is 1. The van der Waals surface area contributed by atoms with E-state index in [-0.39, 0.29) is 30.2 Å². The lowest BCUT2D eigenvalue weighted by atomic mass is 9.82. The van der Waals surface area contributed by atoms with Gasteiger partial charge in [-0.2, -0.15) is 13.2 Å². The van der Waals surface area contributed by atoms with Gasteiger partial charge < -0.3 is 10.2 Å². The fourth-order valence-electron chi connectivity index (χ4n) is 4.80. The Morgan fingerprint density at radius 3 is 2.55 bits per heavy atom. The molecule has 4 rings (SSSR count). The predicted molar refractivity (Wildman–Crippen MR) is 119 cm³/mol. The van der Waals surface area contributed by atoms with E-state index in [4.69, 9.17) is 0 Å². The van der Waals surface area contributed by atoms with Crippen molar-refractivity contribution in [3.8, 4) is 0 Å². The van der Waals surface area contributed by atoms with Crippen LogP contribution in [-0.2, 0) is 23.9 Å². The van der Waals surface area contributed by atoms with Gasteiger partial charge in [-0.15, -0.1) is 0 Å². The van der Waals surface area contributed by atoms with Crippen molar-refractivity contribution in [3.05, 3.63) is 65.0 Å². The zero-order valence-electron chi connectivity index (χ0n) is 18.8. The molecule has 2 aromatic carbocycles. The van der Waals surface area contributed by atoms with Crippen LogP contribution in [0.3, 0.4) is 0 Å². The highest BCUT2D eigenvalue weighted by Crippen LogP contribution is 2.40. The van der Waals surface area contributed by atoms with Crippen LogP contribution in [0, 0.1) is 11.7 Å². The first-order valence-electron chi connectivity index (χ1n) is 11.4. The first-order chi connectivity index (χ1) is 15.7. The Labute approximate surface area is 191 Å². The number of nitrogens with one attached hydrogen (secondary N) is 1. The van der Waals surface area contributed by atoms with E-state index >= 15 is 0 Å². The average Bonchev–Trinajstić information content (AvgIpc) is 2.78. The van der Waals surface area contributed by atoms with Crippen LogP contribution in [0.2, 0.25) is 0 Å². The maximum atomic E-state index is 13.3. The summed E-state index contributed by atoms with van der Waals surface area (Å²) in [7, 11) is 0. The largest absolute Gasteiger partial charge is 0.416 e. The molecule has 1 amide bonds. The number of carbonyl (C=O) groups excluding carboxylic acids is 1. The van der Waals surface area contributed by atoms with Crippen LogP contribution in [0.1, 0.15) is 37.0 Å². The van der Waals surface area contributed by atoms with Gasteiger partial charge in [0.25, 0.3) is 0 Å². The molecule has 8 heteroatoms. The van der Waals surface area contributed by atoms with E-state index in [2.05, 4.69) is 15.1 Å². The van der Waals surface area contributed by atoms with Gasteiger partial charge in [0.2, 0.25) is 5.91 Å². The van der Waals surface area contributed by atoms with E-state index in [0.717, 1.165) is 23.7 Å². The second kappa shape index (κ2) is 9.33. The highest BCUT2D eigenvalue weighted by atomic mass is 19.4. The van der Waals surface area contributed by atoms with Gasteiger partial charge in [-0.05, 0) is 61.2 Å². The molecule has 2 aliphatic heterocycles. The summed E-state index contributed by atoms with van der Waals surface area (Å²) in [6.45, 7) is 6.45. The molecule has 2 heterocycles. The summed E-state index contributed by atoms with van der Waals surface area (Å²) in [5.74, 6) is -0.857. The van der Waals surface area contributed by atoms with E-state index in [1.165, 1.54) is 18.2 Å². The fourth-order valence-corrected chi connectivity index (χ4v) is 4.80. The molecule has 0 spiro atoms. The standard InChI is InChI=1S/C25H29F4N3O/c1-3-16(2)30-24(33)21-13-18-12-19(25(27,28)29)6-9-22(18)32-11-10-31(15-23(21)32)14-17-4-7-20(26)8-5-17/h4-9,12,16,21,23H,3,10-11,13-15H2,1-2H3,(H,30,33). The summed E-state index contributed by atoms with van der Waals surface area (Å²) in [6, 6.07) is 10.1. The minimum absolute atomic E-state index is 0.00670. The van der Waals surface area contributed by atoms with Crippen LogP contribution < -0.4 is 10.2 Å². The zero-order chi connectivity index (χ0) is 23.8. The summed E-state index contributed by atoms with van der Waals surface area (Å²) in [5, 5.41) is 3.03. The number of hydrogen-bond donors (Lipinski definition) is 1. The highest BCUT2D eigenvalue weighted by Gasteiger charge is 2.42. The molecular formula is C25H29F4N3O. The number of amides is 1. The third-order valence-electron chi connectivity index (χ3n) is 6.78. The Morgan fingerprint density at radius 2 is 1.88 bits per heavy atom. The SMILES string of the molecule is CCC(C)NC(=O)C1Cc2cc(C(F)(F)F)ccc2N2CCN(Cc3ccc(F)cc3)CC12. The Bertz CT molecular complexity index is 992. The van der Waals surface area contributed by atoms with E-state index in [9.17, 15) is 22.4 Å². The smallest absolute Gasteiger partial charge is 0.365 e. The molecule has 0 aromatic heterocycles. The molecule has 1 fully saturated rings. The number of alkyl halides is 3. The normalized spacial score (nSPS) is 21.8. The van der Waals surface area contributed by atoms with Crippen molar-refractivity contribution in [2.45, 2.75) is 51.5 Å². The van der Waals surface area contributed by atoms with Gasteiger partial charge in [-0.3, -0.25) is 9.69 Å². The van der Waals surface area contributed by atoms with E-state index in [0.29, 0.717) is 31.7 Å². The van der Waals surface area contributed by atoms with Gasteiger partial charge in [-0.1, -0.05) is 19.1 Å². The van der Waals surface area contributed by atoms with Crippen LogP contribution in [0.4, 0.5) is 23.2 Å². The molecule has 0 saturated carbocycles. The number of benzene rings is 2. The monoisotopic (exact) mass is 463 g/mol. The van der Waals surface area contributed by atoms with Gasteiger partial charge in [0.15, 0.2) is 0 Å². The molecule has 4 nitrogen and oxygen atoms in total. The summed E-state index contributed by atoms with van der Waals surface area (Å²) in [5.41, 5.74) is 1.64. The third-order valence-corrected chi connectivity index (χ3v) is 6.78. The Balaban J connectivity index is 1.61. The Hall–Kier alpha value is -2.61. The van der Waals surface area contributed by atoms with Crippen molar-refractivity contribution in [1.82, 2.24) is 10.2 Å². The van der Waals surface area contributed by atoms with Crippen molar-refractivity contribution in [2.24, 2.45) is 5.92 Å². The Morgan fingerprint density at radius 1 is 1.15 bits per heavy atom. The number of anilines is 1. The van der Waals surface area contributed by atoms with E-state index < -0.39 is 17.7 Å². The molecule has 2 aromatic rings.